The molecule has 0 fully saturated rings. The minimum absolute atomic E-state index is 0.146. The van der Waals surface area contributed by atoms with Crippen molar-refractivity contribution >= 4 is 24.3 Å². The SMILES string of the molecule is CC(C)(C)c1cc(-c2nc3c(-c4cc(-c5ccccc5)cc(-c5cc(-c6ccccc6)c([Si](C)(C)C)cn5)c4)cccc3n2-c2ccccc2)c(O)c(C(C)(C)C)c1. The van der Waals surface area contributed by atoms with Crippen LogP contribution in [0.4, 0.5) is 0 Å². The molecule has 0 unspecified atom stereocenters. The van der Waals surface area contributed by atoms with E-state index in [9.17, 15) is 5.11 Å². The molecule has 2 aromatic heterocycles. The molecular formula is C53H53N3OSi. The number of aromatic nitrogens is 3. The maximum atomic E-state index is 12.2. The first kappa shape index (κ1) is 38.8. The van der Waals surface area contributed by atoms with E-state index in [1.54, 1.807) is 0 Å². The van der Waals surface area contributed by atoms with Crippen molar-refractivity contribution < 1.29 is 5.11 Å². The Bertz CT molecular complexity index is 2770. The van der Waals surface area contributed by atoms with Crippen LogP contribution < -0.4 is 5.19 Å². The molecule has 0 saturated carbocycles. The molecule has 0 aliphatic rings. The number of nitrogens with zero attached hydrogens (tertiary/aromatic N) is 3. The molecule has 5 heteroatoms. The molecule has 58 heavy (non-hydrogen) atoms. The molecule has 0 saturated heterocycles. The van der Waals surface area contributed by atoms with Crippen LogP contribution in [0.5, 0.6) is 5.75 Å². The van der Waals surface area contributed by atoms with E-state index >= 15 is 0 Å². The highest BCUT2D eigenvalue weighted by atomic mass is 28.3. The van der Waals surface area contributed by atoms with E-state index < -0.39 is 8.07 Å². The summed E-state index contributed by atoms with van der Waals surface area (Å²) in [6, 6.07) is 51.5. The molecule has 0 spiro atoms. The Kier molecular flexibility index (Phi) is 9.85. The Morgan fingerprint density at radius 1 is 0.534 bits per heavy atom. The van der Waals surface area contributed by atoms with E-state index in [0.29, 0.717) is 5.82 Å². The standard InChI is InChI=1S/C53H53N3OSi/c1-52(2,3)40-31-44(50(57)45(32-40)53(4,5)6)51-55-49-42(26-19-27-47(49)56(51)41-24-17-12-18-25-41)38-28-37(35-20-13-10-14-21-35)29-39(30-38)46-33-43(36-22-15-11-16-23-36)48(34-54-46)58(7,8)9/h10-34,57H,1-9H3. The Morgan fingerprint density at radius 3 is 1.76 bits per heavy atom. The second kappa shape index (κ2) is 14.7. The van der Waals surface area contributed by atoms with Crippen LogP contribution in [0.3, 0.4) is 0 Å². The summed E-state index contributed by atoms with van der Waals surface area (Å²) >= 11 is 0. The number of phenolic OH excluding ortho intramolecular Hbond substituents is 1. The van der Waals surface area contributed by atoms with Gasteiger partial charge in [0.15, 0.2) is 0 Å². The molecule has 0 bridgehead atoms. The predicted molar refractivity (Wildman–Crippen MR) is 248 cm³/mol. The van der Waals surface area contributed by atoms with E-state index in [0.717, 1.165) is 66.9 Å². The van der Waals surface area contributed by atoms with Crippen molar-refractivity contribution in [3.8, 4) is 67.5 Å². The fourth-order valence-corrected chi connectivity index (χ4v) is 9.43. The lowest BCUT2D eigenvalue weighted by Gasteiger charge is -2.27. The van der Waals surface area contributed by atoms with Gasteiger partial charge in [0.25, 0.3) is 0 Å². The number of imidazole rings is 1. The van der Waals surface area contributed by atoms with E-state index in [1.165, 1.54) is 16.3 Å². The van der Waals surface area contributed by atoms with Crippen LogP contribution in [0, 0.1) is 0 Å². The molecule has 0 aliphatic carbocycles. The summed E-state index contributed by atoms with van der Waals surface area (Å²) in [5.74, 6) is 0.975. The van der Waals surface area contributed by atoms with Gasteiger partial charge in [-0.3, -0.25) is 9.55 Å². The second-order valence-corrected chi connectivity index (χ2v) is 23.6. The van der Waals surface area contributed by atoms with Crippen molar-refractivity contribution in [3.05, 3.63) is 163 Å². The summed E-state index contributed by atoms with van der Waals surface area (Å²) in [7, 11) is -1.72. The number of hydrogen-bond acceptors (Lipinski definition) is 3. The lowest BCUT2D eigenvalue weighted by atomic mass is 9.79. The van der Waals surface area contributed by atoms with Gasteiger partial charge in [0.2, 0.25) is 0 Å². The van der Waals surface area contributed by atoms with Gasteiger partial charge in [0, 0.05) is 28.6 Å². The Hall–Kier alpha value is -6.04. The number of rotatable bonds is 7. The maximum absolute atomic E-state index is 12.2. The van der Waals surface area contributed by atoms with Crippen LogP contribution >= 0.6 is 0 Å². The van der Waals surface area contributed by atoms with Crippen molar-refractivity contribution in [2.24, 2.45) is 0 Å². The zero-order valence-corrected chi connectivity index (χ0v) is 36.2. The summed E-state index contributed by atoms with van der Waals surface area (Å²) in [6.07, 6.45) is 2.12. The minimum atomic E-state index is -1.72. The third-order valence-corrected chi connectivity index (χ3v) is 13.2. The summed E-state index contributed by atoms with van der Waals surface area (Å²) in [5.41, 5.74) is 13.9. The number of benzene rings is 6. The maximum Gasteiger partial charge on any atom is 0.149 e. The van der Waals surface area contributed by atoms with Crippen LogP contribution in [0.2, 0.25) is 19.6 Å². The average molecular weight is 776 g/mol. The summed E-state index contributed by atoms with van der Waals surface area (Å²) < 4.78 is 2.21. The molecule has 0 atom stereocenters. The number of phenols is 1. The smallest absolute Gasteiger partial charge is 0.149 e. The van der Waals surface area contributed by atoms with Gasteiger partial charge in [-0.1, -0.05) is 158 Å². The first-order valence-corrected chi connectivity index (χ1v) is 23.8. The molecule has 0 radical (unpaired) electrons. The fourth-order valence-electron chi connectivity index (χ4n) is 7.96. The molecule has 1 N–H and O–H groups in total. The lowest BCUT2D eigenvalue weighted by Crippen LogP contribution is -2.39. The van der Waals surface area contributed by atoms with E-state index in [-0.39, 0.29) is 16.6 Å². The van der Waals surface area contributed by atoms with Crippen LogP contribution in [0.15, 0.2) is 152 Å². The van der Waals surface area contributed by atoms with Crippen LogP contribution in [0.25, 0.3) is 72.7 Å². The quantitative estimate of drug-likeness (QED) is 0.164. The normalized spacial score (nSPS) is 12.3. The van der Waals surface area contributed by atoms with Gasteiger partial charge in [-0.05, 0) is 97.9 Å². The molecule has 8 rings (SSSR count). The van der Waals surface area contributed by atoms with Crippen LogP contribution in [-0.2, 0) is 10.8 Å². The Morgan fingerprint density at radius 2 is 1.14 bits per heavy atom. The number of hydrogen-bond donors (Lipinski definition) is 1. The Balaban J connectivity index is 1.41. The summed E-state index contributed by atoms with van der Waals surface area (Å²) in [6.45, 7) is 20.3. The average Bonchev–Trinajstić information content (AvgIpc) is 3.60. The van der Waals surface area contributed by atoms with Crippen molar-refractivity contribution in [3.63, 3.8) is 0 Å². The first-order chi connectivity index (χ1) is 27.6. The van der Waals surface area contributed by atoms with Gasteiger partial charge in [-0.25, -0.2) is 4.98 Å². The first-order valence-electron chi connectivity index (χ1n) is 20.3. The number of pyridine rings is 1. The molecule has 8 aromatic rings. The van der Waals surface area contributed by atoms with Crippen molar-refractivity contribution in [1.29, 1.82) is 0 Å². The van der Waals surface area contributed by atoms with Gasteiger partial charge >= 0.3 is 0 Å². The second-order valence-electron chi connectivity index (χ2n) is 18.6. The molecule has 2 heterocycles. The van der Waals surface area contributed by atoms with Crippen molar-refractivity contribution in [2.75, 3.05) is 0 Å². The van der Waals surface area contributed by atoms with Gasteiger partial charge in [0.1, 0.15) is 11.6 Å². The van der Waals surface area contributed by atoms with Crippen molar-refractivity contribution in [1.82, 2.24) is 14.5 Å². The highest BCUT2D eigenvalue weighted by Crippen LogP contribution is 2.45. The van der Waals surface area contributed by atoms with E-state index in [2.05, 4.69) is 211 Å². The molecule has 0 aliphatic heterocycles. The molecule has 0 amide bonds. The molecule has 4 nitrogen and oxygen atoms in total. The number of para-hydroxylation sites is 2. The summed E-state index contributed by atoms with van der Waals surface area (Å²) in [4.78, 5) is 10.7. The van der Waals surface area contributed by atoms with Crippen LogP contribution in [-0.4, -0.2) is 27.7 Å². The van der Waals surface area contributed by atoms with Crippen molar-refractivity contribution in [2.45, 2.75) is 72.0 Å². The molecule has 290 valence electrons. The third-order valence-electron chi connectivity index (χ3n) is 11.2. The largest absolute Gasteiger partial charge is 0.507 e. The van der Waals surface area contributed by atoms with Gasteiger partial charge < -0.3 is 5.11 Å². The van der Waals surface area contributed by atoms with E-state index in [1.807, 2.05) is 6.07 Å². The van der Waals surface area contributed by atoms with E-state index in [4.69, 9.17) is 9.97 Å². The number of aromatic hydroxyl groups is 1. The zero-order chi connectivity index (χ0) is 41.0. The fraction of sp³-hybridized carbons (Fsp3) is 0.208. The molecular weight excluding hydrogens is 723 g/mol. The summed E-state index contributed by atoms with van der Waals surface area (Å²) in [5, 5.41) is 13.5. The lowest BCUT2D eigenvalue weighted by molar-refractivity contribution is 0.446. The van der Waals surface area contributed by atoms with Gasteiger partial charge in [0.05, 0.1) is 30.4 Å². The van der Waals surface area contributed by atoms with Crippen LogP contribution in [0.1, 0.15) is 52.7 Å². The highest BCUT2D eigenvalue weighted by molar-refractivity contribution is 6.89. The van der Waals surface area contributed by atoms with Gasteiger partial charge in [-0.2, -0.15) is 0 Å². The topological polar surface area (TPSA) is 50.9 Å². The minimum Gasteiger partial charge on any atom is -0.507 e. The number of fused-ring (bicyclic) bond motifs is 1. The third kappa shape index (κ3) is 7.43. The van der Waals surface area contributed by atoms with Gasteiger partial charge in [-0.15, -0.1) is 0 Å². The molecule has 6 aromatic carbocycles. The monoisotopic (exact) mass is 775 g/mol. The zero-order valence-electron chi connectivity index (χ0n) is 35.2. The Labute approximate surface area is 345 Å². The predicted octanol–water partition coefficient (Wildman–Crippen LogP) is 13.6. The highest BCUT2D eigenvalue weighted by Gasteiger charge is 2.29.